The van der Waals surface area contributed by atoms with Crippen molar-refractivity contribution in [1.29, 1.82) is 0 Å². The maximum atomic E-state index is 11.5. The molecule has 0 N–H and O–H groups in total. The zero-order valence-electron chi connectivity index (χ0n) is 8.30. The normalized spacial score (nSPS) is 11.1. The molecule has 0 amide bonds. The molecule has 1 rings (SSSR count). The van der Waals surface area contributed by atoms with Gasteiger partial charge >= 0.3 is 37.7 Å². The molecule has 0 saturated carbocycles. The van der Waals surface area contributed by atoms with E-state index in [0.29, 0.717) is 0 Å². The van der Waals surface area contributed by atoms with Crippen molar-refractivity contribution >= 4 is 47.9 Å². The fraction of sp³-hybridized carbons (Fsp3) is 0.400. The van der Waals surface area contributed by atoms with Crippen LogP contribution in [0.5, 0.6) is 0 Å². The summed E-state index contributed by atoms with van der Waals surface area (Å²) in [7, 11) is -3.56. The van der Waals surface area contributed by atoms with Crippen LogP contribution in [0, 0.1) is 5.92 Å². The van der Waals surface area contributed by atoms with E-state index in [4.69, 9.17) is 4.18 Å². The van der Waals surface area contributed by atoms with Gasteiger partial charge in [-0.2, -0.15) is 8.42 Å². The third-order valence-electron chi connectivity index (χ3n) is 1.59. The molecule has 3 nitrogen and oxygen atoms in total. The molecule has 0 atom stereocenters. The van der Waals surface area contributed by atoms with Gasteiger partial charge < -0.3 is 0 Å². The van der Waals surface area contributed by atoms with Crippen LogP contribution in [0.15, 0.2) is 35.2 Å². The van der Waals surface area contributed by atoms with Gasteiger partial charge in [-0.05, 0) is 18.1 Å². The third-order valence-corrected chi connectivity index (χ3v) is 2.88. The molecule has 0 radical (unpaired) electrons. The van der Waals surface area contributed by atoms with Crippen molar-refractivity contribution in [3.63, 3.8) is 0 Å². The van der Waals surface area contributed by atoms with E-state index in [2.05, 4.69) is 0 Å². The molecule has 0 heterocycles. The topological polar surface area (TPSA) is 43.4 Å². The summed E-state index contributed by atoms with van der Waals surface area (Å²) in [5.74, 6) is 0.202. The molecule has 0 bridgehead atoms. The van der Waals surface area contributed by atoms with Crippen LogP contribution in [0.25, 0.3) is 0 Å². The van der Waals surface area contributed by atoms with Crippen molar-refractivity contribution in [3.8, 4) is 0 Å². The first-order chi connectivity index (χ1) is 6.52. The van der Waals surface area contributed by atoms with Crippen molar-refractivity contribution in [3.05, 3.63) is 30.3 Å². The van der Waals surface area contributed by atoms with Gasteiger partial charge in [-0.15, -0.1) is 0 Å². The van der Waals surface area contributed by atoms with Gasteiger partial charge in [0.1, 0.15) is 0 Å². The molecule has 0 aromatic heterocycles. The number of rotatable bonds is 4. The second-order valence-corrected chi connectivity index (χ2v) is 5.06. The van der Waals surface area contributed by atoms with E-state index in [0.717, 1.165) is 0 Å². The van der Waals surface area contributed by atoms with E-state index in [9.17, 15) is 8.42 Å². The van der Waals surface area contributed by atoms with Gasteiger partial charge in [0.15, 0.2) is 0 Å². The molecular weight excluding hydrogens is 240 g/mol. The van der Waals surface area contributed by atoms with Crippen molar-refractivity contribution in [2.24, 2.45) is 5.92 Å². The Morgan fingerprint density at radius 2 is 1.73 bits per heavy atom. The molecule has 0 aliphatic heterocycles. The Morgan fingerprint density at radius 3 is 2.20 bits per heavy atom. The van der Waals surface area contributed by atoms with Crippen LogP contribution >= 0.6 is 0 Å². The van der Waals surface area contributed by atoms with Gasteiger partial charge in [0, 0.05) is 0 Å². The van der Waals surface area contributed by atoms with E-state index in [1.54, 1.807) is 18.2 Å². The molecule has 82 valence electrons. The minimum absolute atomic E-state index is 0. The van der Waals surface area contributed by atoms with Crippen LogP contribution < -0.4 is 0 Å². The SMILES string of the molecule is CC(C)COS(=O)(=O)c1ccccc1.[CaH2]. The zero-order chi connectivity index (χ0) is 10.6. The van der Waals surface area contributed by atoms with Crippen molar-refractivity contribution in [2.75, 3.05) is 6.61 Å². The number of hydrogen-bond donors (Lipinski definition) is 0. The molecule has 1 aromatic carbocycles. The van der Waals surface area contributed by atoms with Crippen LogP contribution in [0.4, 0.5) is 0 Å². The van der Waals surface area contributed by atoms with Crippen molar-refractivity contribution in [2.45, 2.75) is 18.7 Å². The van der Waals surface area contributed by atoms with Crippen LogP contribution in [-0.4, -0.2) is 52.8 Å². The molecule has 1 aromatic rings. The fourth-order valence-electron chi connectivity index (χ4n) is 0.881. The van der Waals surface area contributed by atoms with Crippen LogP contribution in [0.3, 0.4) is 0 Å². The standard InChI is InChI=1S/C10H14O3S.Ca.2H/c1-9(2)8-13-14(11,12)10-6-4-3-5-7-10;;;/h3-7,9H,8H2,1-2H3;;;. The van der Waals surface area contributed by atoms with Crippen LogP contribution in [0.2, 0.25) is 0 Å². The second-order valence-electron chi connectivity index (χ2n) is 3.45. The van der Waals surface area contributed by atoms with Gasteiger partial charge in [-0.25, -0.2) is 0 Å². The van der Waals surface area contributed by atoms with Crippen LogP contribution in [0.1, 0.15) is 13.8 Å². The molecule has 0 unspecified atom stereocenters. The summed E-state index contributed by atoms with van der Waals surface area (Å²) >= 11 is 0. The average Bonchev–Trinajstić information content (AvgIpc) is 2.16. The number of hydrogen-bond acceptors (Lipinski definition) is 3. The molecule has 15 heavy (non-hydrogen) atoms. The van der Waals surface area contributed by atoms with Crippen molar-refractivity contribution < 1.29 is 12.6 Å². The molecular formula is C10H16CaO3S. The minimum atomic E-state index is -3.56. The molecule has 0 fully saturated rings. The van der Waals surface area contributed by atoms with Crippen LogP contribution in [-0.2, 0) is 14.3 Å². The molecule has 0 spiro atoms. The van der Waals surface area contributed by atoms with Gasteiger partial charge in [-0.1, -0.05) is 32.0 Å². The van der Waals surface area contributed by atoms with E-state index < -0.39 is 10.1 Å². The summed E-state index contributed by atoms with van der Waals surface area (Å²) < 4.78 is 27.9. The van der Waals surface area contributed by atoms with E-state index in [1.807, 2.05) is 13.8 Å². The molecule has 0 aliphatic rings. The average molecular weight is 256 g/mol. The van der Waals surface area contributed by atoms with Gasteiger partial charge in [0.2, 0.25) is 0 Å². The summed E-state index contributed by atoms with van der Waals surface area (Å²) in [6.45, 7) is 4.03. The van der Waals surface area contributed by atoms with Gasteiger partial charge in [-0.3, -0.25) is 4.18 Å². The monoisotopic (exact) mass is 256 g/mol. The Hall–Kier alpha value is 0.390. The predicted molar refractivity (Wildman–Crippen MR) is 63.0 cm³/mol. The second kappa shape index (κ2) is 6.86. The first kappa shape index (κ1) is 15.4. The first-order valence-electron chi connectivity index (χ1n) is 4.47. The fourth-order valence-corrected chi connectivity index (χ4v) is 1.96. The Bertz CT molecular complexity index is 373. The third kappa shape index (κ3) is 5.31. The summed E-state index contributed by atoms with van der Waals surface area (Å²) in [4.78, 5) is 0.209. The first-order valence-corrected chi connectivity index (χ1v) is 5.87. The predicted octanol–water partition coefficient (Wildman–Crippen LogP) is 1.13. The van der Waals surface area contributed by atoms with Gasteiger partial charge in [0.05, 0.1) is 11.5 Å². The summed E-state index contributed by atoms with van der Waals surface area (Å²) in [6, 6.07) is 8.16. The Morgan fingerprint density at radius 1 is 1.20 bits per heavy atom. The molecule has 0 aliphatic carbocycles. The van der Waals surface area contributed by atoms with E-state index in [1.165, 1.54) is 12.1 Å². The quantitative estimate of drug-likeness (QED) is 0.599. The zero-order valence-corrected chi connectivity index (χ0v) is 9.12. The van der Waals surface area contributed by atoms with Gasteiger partial charge in [0.25, 0.3) is 10.1 Å². The summed E-state index contributed by atoms with van der Waals surface area (Å²) in [5.41, 5.74) is 0. The Kier molecular flexibility index (Phi) is 7.04. The van der Waals surface area contributed by atoms with E-state index in [-0.39, 0.29) is 55.2 Å². The van der Waals surface area contributed by atoms with E-state index >= 15 is 0 Å². The molecule has 5 heteroatoms. The van der Waals surface area contributed by atoms with Crippen molar-refractivity contribution in [1.82, 2.24) is 0 Å². The summed E-state index contributed by atoms with van der Waals surface area (Å²) in [6.07, 6.45) is 0. The Labute approximate surface area is 121 Å². The number of benzene rings is 1. The maximum absolute atomic E-state index is 11.5. The summed E-state index contributed by atoms with van der Waals surface area (Å²) in [5, 5.41) is 0. The molecule has 0 saturated heterocycles. The Balaban J connectivity index is 0.00000196.